The number of nitrogens with zero attached hydrogens (tertiary/aromatic N) is 1. The van der Waals surface area contributed by atoms with Gasteiger partial charge < -0.3 is 14.7 Å². The van der Waals surface area contributed by atoms with Crippen LogP contribution < -0.4 is 0 Å². The molecule has 1 fully saturated rings. The van der Waals surface area contributed by atoms with Crippen LogP contribution in [0.4, 0.5) is 9.18 Å². The van der Waals surface area contributed by atoms with Gasteiger partial charge in [0.05, 0.1) is 10.9 Å². The minimum atomic E-state index is -1.03. The molecule has 1 saturated heterocycles. The number of hydrogen-bond acceptors (Lipinski definition) is 3. The van der Waals surface area contributed by atoms with Crippen LogP contribution in [0.15, 0.2) is 12.1 Å². The van der Waals surface area contributed by atoms with Gasteiger partial charge in [-0.3, -0.25) is 4.79 Å². The molecule has 1 heterocycles. The number of aliphatic carboxylic acids is 1. The number of carbonyl (C=O) groups is 2. The number of rotatable bonds is 4. The van der Waals surface area contributed by atoms with Crippen molar-refractivity contribution >= 4 is 23.7 Å². The molecule has 5 nitrogen and oxygen atoms in total. The van der Waals surface area contributed by atoms with Crippen molar-refractivity contribution in [3.63, 3.8) is 0 Å². The van der Waals surface area contributed by atoms with Crippen LogP contribution in [0.1, 0.15) is 70.4 Å². The van der Waals surface area contributed by atoms with Crippen molar-refractivity contribution in [3.05, 3.63) is 34.1 Å². The van der Waals surface area contributed by atoms with Gasteiger partial charge >= 0.3 is 12.1 Å². The summed E-state index contributed by atoms with van der Waals surface area (Å²) in [7, 11) is 0. The van der Waals surface area contributed by atoms with Crippen LogP contribution >= 0.6 is 11.6 Å². The van der Waals surface area contributed by atoms with Crippen LogP contribution in [0.5, 0.6) is 0 Å². The second kappa shape index (κ2) is 8.68. The molecule has 0 unspecified atom stereocenters. The first-order valence-corrected chi connectivity index (χ1v) is 9.98. The Bertz CT molecular complexity index is 737. The first-order chi connectivity index (χ1) is 12.9. The summed E-state index contributed by atoms with van der Waals surface area (Å²) in [4.78, 5) is 25.9. The van der Waals surface area contributed by atoms with E-state index in [-0.39, 0.29) is 16.9 Å². The second-order valence-corrected chi connectivity index (χ2v) is 9.06. The number of carboxylic acids is 1. The van der Waals surface area contributed by atoms with Crippen LogP contribution in [-0.4, -0.2) is 40.8 Å². The monoisotopic (exact) mass is 413 g/mol. The number of likely N-dealkylation sites (tertiary alicyclic amines) is 1. The summed E-state index contributed by atoms with van der Waals surface area (Å²) in [6, 6.07) is 3.07. The maximum absolute atomic E-state index is 14.3. The second-order valence-electron chi connectivity index (χ2n) is 8.68. The van der Waals surface area contributed by atoms with Crippen molar-refractivity contribution in [2.75, 3.05) is 13.1 Å². The molecular formula is C21H29ClFNO4. The quantitative estimate of drug-likeness (QED) is 0.715. The molecule has 1 aromatic carbocycles. The molecule has 0 spiro atoms. The van der Waals surface area contributed by atoms with Crippen molar-refractivity contribution in [2.45, 2.75) is 64.9 Å². The van der Waals surface area contributed by atoms with E-state index in [0.29, 0.717) is 37.1 Å². The molecule has 0 saturated carbocycles. The summed E-state index contributed by atoms with van der Waals surface area (Å²) >= 11 is 6.16. The Morgan fingerprint density at radius 1 is 1.25 bits per heavy atom. The molecule has 0 aromatic heterocycles. The van der Waals surface area contributed by atoms with E-state index >= 15 is 0 Å². The Morgan fingerprint density at radius 3 is 2.29 bits per heavy atom. The minimum Gasteiger partial charge on any atom is -0.481 e. The van der Waals surface area contributed by atoms with Gasteiger partial charge in [0.1, 0.15) is 11.4 Å². The summed E-state index contributed by atoms with van der Waals surface area (Å²) in [5.74, 6) is -2.73. The van der Waals surface area contributed by atoms with Crippen molar-refractivity contribution in [3.8, 4) is 0 Å². The number of piperidine rings is 1. The predicted molar refractivity (Wildman–Crippen MR) is 106 cm³/mol. The third-order valence-electron chi connectivity index (χ3n) is 5.01. The lowest BCUT2D eigenvalue weighted by Gasteiger charge is -2.36. The summed E-state index contributed by atoms with van der Waals surface area (Å²) in [5, 5.41) is 9.73. The van der Waals surface area contributed by atoms with Gasteiger partial charge in [0.25, 0.3) is 0 Å². The average molecular weight is 414 g/mol. The molecule has 0 radical (unpaired) electrons. The highest BCUT2D eigenvalue weighted by atomic mass is 35.5. The third-order valence-corrected chi connectivity index (χ3v) is 5.41. The predicted octanol–water partition coefficient (Wildman–Crippen LogP) is 5.42. The molecule has 1 aliphatic rings. The summed E-state index contributed by atoms with van der Waals surface area (Å²) in [6.07, 6.45) is 0.573. The standard InChI is InChI=1S/C21H29ClFNO4/c1-12(2)14-10-15(18(22)16(23)11-14)17(19(25)26)13-6-8-24(9-7-13)20(27)28-21(3,4)5/h10-13,17H,6-9H2,1-5H3,(H,25,26)/t17-/m1/s1. The van der Waals surface area contributed by atoms with E-state index < -0.39 is 29.4 Å². The Balaban J connectivity index is 2.21. The maximum atomic E-state index is 14.3. The van der Waals surface area contributed by atoms with Gasteiger partial charge in [-0.05, 0) is 62.6 Å². The van der Waals surface area contributed by atoms with Crippen LogP contribution in [0.2, 0.25) is 5.02 Å². The van der Waals surface area contributed by atoms with Crippen molar-refractivity contribution in [1.29, 1.82) is 0 Å². The van der Waals surface area contributed by atoms with Crippen LogP contribution in [0.25, 0.3) is 0 Å². The number of carbonyl (C=O) groups excluding carboxylic acids is 1. The topological polar surface area (TPSA) is 66.8 Å². The van der Waals surface area contributed by atoms with Gasteiger partial charge in [-0.2, -0.15) is 0 Å². The first-order valence-electron chi connectivity index (χ1n) is 9.60. The number of carboxylic acid groups (broad SMARTS) is 1. The highest BCUT2D eigenvalue weighted by Crippen LogP contribution is 2.39. The Morgan fingerprint density at radius 2 is 1.82 bits per heavy atom. The van der Waals surface area contributed by atoms with Crippen LogP contribution in [0.3, 0.4) is 0 Å². The number of hydrogen-bond donors (Lipinski definition) is 1. The van der Waals surface area contributed by atoms with E-state index in [9.17, 15) is 19.1 Å². The minimum absolute atomic E-state index is 0.0500. The van der Waals surface area contributed by atoms with E-state index in [4.69, 9.17) is 16.3 Å². The molecule has 7 heteroatoms. The van der Waals surface area contributed by atoms with E-state index in [2.05, 4.69) is 0 Å². The third kappa shape index (κ3) is 5.37. The zero-order valence-electron chi connectivity index (χ0n) is 17.1. The lowest BCUT2D eigenvalue weighted by molar-refractivity contribution is -0.140. The Labute approximate surface area is 170 Å². The lowest BCUT2D eigenvalue weighted by Crippen LogP contribution is -2.43. The van der Waals surface area contributed by atoms with Crippen molar-refractivity contribution in [2.24, 2.45) is 5.92 Å². The molecule has 1 atom stereocenters. The molecule has 2 rings (SSSR count). The van der Waals surface area contributed by atoms with Crippen LogP contribution in [-0.2, 0) is 9.53 Å². The van der Waals surface area contributed by atoms with Gasteiger partial charge in [0, 0.05) is 13.1 Å². The fourth-order valence-corrected chi connectivity index (χ4v) is 3.75. The van der Waals surface area contributed by atoms with E-state index in [1.54, 1.807) is 31.7 Å². The van der Waals surface area contributed by atoms with E-state index in [1.165, 1.54) is 6.07 Å². The highest BCUT2D eigenvalue weighted by Gasteiger charge is 2.36. The molecule has 1 aromatic rings. The summed E-state index contributed by atoms with van der Waals surface area (Å²) < 4.78 is 19.7. The van der Waals surface area contributed by atoms with E-state index in [0.717, 1.165) is 0 Å². The molecule has 28 heavy (non-hydrogen) atoms. The maximum Gasteiger partial charge on any atom is 0.410 e. The zero-order chi connectivity index (χ0) is 21.2. The average Bonchev–Trinajstić information content (AvgIpc) is 2.57. The smallest absolute Gasteiger partial charge is 0.410 e. The molecule has 0 aliphatic carbocycles. The van der Waals surface area contributed by atoms with Gasteiger partial charge in [-0.1, -0.05) is 31.5 Å². The van der Waals surface area contributed by atoms with E-state index in [1.807, 2.05) is 13.8 Å². The highest BCUT2D eigenvalue weighted by molar-refractivity contribution is 6.31. The Hall–Kier alpha value is -1.82. The van der Waals surface area contributed by atoms with Gasteiger partial charge in [-0.25, -0.2) is 9.18 Å². The summed E-state index contributed by atoms with van der Waals surface area (Å²) in [5.41, 5.74) is 0.447. The fraction of sp³-hybridized carbons (Fsp3) is 0.619. The lowest BCUT2D eigenvalue weighted by atomic mass is 9.79. The number of benzene rings is 1. The molecule has 1 aliphatic heterocycles. The Kier molecular flexibility index (Phi) is 6.97. The van der Waals surface area contributed by atoms with Gasteiger partial charge in [0.2, 0.25) is 0 Å². The van der Waals surface area contributed by atoms with Crippen molar-refractivity contribution in [1.82, 2.24) is 4.90 Å². The zero-order valence-corrected chi connectivity index (χ0v) is 17.8. The number of halogens is 2. The molecule has 1 N–H and O–H groups in total. The summed E-state index contributed by atoms with van der Waals surface area (Å²) in [6.45, 7) is 10.0. The number of amides is 1. The fourth-order valence-electron chi connectivity index (χ4n) is 3.52. The molecule has 1 amide bonds. The van der Waals surface area contributed by atoms with Gasteiger partial charge in [-0.15, -0.1) is 0 Å². The normalized spacial score (nSPS) is 16.9. The number of ether oxygens (including phenoxy) is 1. The first kappa shape index (κ1) is 22.5. The molecular weight excluding hydrogens is 385 g/mol. The molecule has 156 valence electrons. The van der Waals surface area contributed by atoms with Gasteiger partial charge in [0.15, 0.2) is 0 Å². The van der Waals surface area contributed by atoms with Crippen molar-refractivity contribution < 1.29 is 23.8 Å². The van der Waals surface area contributed by atoms with Crippen LogP contribution in [0, 0.1) is 11.7 Å². The largest absolute Gasteiger partial charge is 0.481 e. The SMILES string of the molecule is CC(C)c1cc(F)c(Cl)c([C@H](C(=O)O)C2CCN(C(=O)OC(C)(C)C)CC2)c1. The molecule has 0 bridgehead atoms.